The van der Waals surface area contributed by atoms with Crippen molar-refractivity contribution in [3.8, 4) is 17.2 Å². The van der Waals surface area contributed by atoms with Gasteiger partial charge >= 0.3 is 6.03 Å². The summed E-state index contributed by atoms with van der Waals surface area (Å²) in [5.74, 6) is 2.79. The van der Waals surface area contributed by atoms with Crippen molar-refractivity contribution < 1.29 is 19.0 Å². The summed E-state index contributed by atoms with van der Waals surface area (Å²) in [5.41, 5.74) is 2.38. The van der Waals surface area contributed by atoms with Crippen molar-refractivity contribution in [1.82, 2.24) is 10.2 Å². The minimum Gasteiger partial charge on any atom is -0.497 e. The molecule has 1 unspecified atom stereocenters. The Labute approximate surface area is 172 Å². The van der Waals surface area contributed by atoms with E-state index in [0.29, 0.717) is 24.0 Å². The third-order valence-corrected chi connectivity index (χ3v) is 5.39. The zero-order valence-corrected chi connectivity index (χ0v) is 17.4. The maximum atomic E-state index is 12.5. The van der Waals surface area contributed by atoms with Gasteiger partial charge in [-0.15, -0.1) is 0 Å². The molecule has 2 aromatic carbocycles. The van der Waals surface area contributed by atoms with E-state index < -0.39 is 0 Å². The second-order valence-corrected chi connectivity index (χ2v) is 7.32. The maximum Gasteiger partial charge on any atom is 0.317 e. The summed E-state index contributed by atoms with van der Waals surface area (Å²) in [4.78, 5) is 14.4. The van der Waals surface area contributed by atoms with Gasteiger partial charge in [-0.3, -0.25) is 0 Å². The Hall–Kier alpha value is -2.89. The van der Waals surface area contributed by atoms with E-state index in [-0.39, 0.29) is 6.03 Å². The van der Waals surface area contributed by atoms with Crippen LogP contribution in [0, 0.1) is 5.92 Å². The molecule has 1 aliphatic rings. The van der Waals surface area contributed by atoms with Crippen molar-refractivity contribution in [3.05, 3.63) is 53.6 Å². The fraction of sp³-hybridized carbons (Fsp3) is 0.435. The second-order valence-electron chi connectivity index (χ2n) is 7.32. The molecule has 0 spiro atoms. The molecular formula is C23H30N2O4. The zero-order valence-electron chi connectivity index (χ0n) is 17.4. The van der Waals surface area contributed by atoms with E-state index in [1.165, 1.54) is 5.56 Å². The molecule has 0 aromatic heterocycles. The Bertz CT molecular complexity index is 807. The minimum atomic E-state index is 0.0164. The van der Waals surface area contributed by atoms with E-state index in [0.717, 1.165) is 43.7 Å². The van der Waals surface area contributed by atoms with Gasteiger partial charge in [-0.05, 0) is 60.6 Å². The van der Waals surface area contributed by atoms with Crippen LogP contribution >= 0.6 is 0 Å². The normalized spacial score (nSPS) is 15.8. The van der Waals surface area contributed by atoms with Crippen molar-refractivity contribution >= 4 is 6.03 Å². The Balaban J connectivity index is 1.43. The number of carbonyl (C=O) groups excluding carboxylic acids is 1. The van der Waals surface area contributed by atoms with E-state index in [1.807, 2.05) is 35.2 Å². The molecule has 1 N–H and O–H groups in total. The fourth-order valence-corrected chi connectivity index (χ4v) is 3.74. The number of methoxy groups -OCH3 is 3. The van der Waals surface area contributed by atoms with Crippen LogP contribution in [-0.2, 0) is 12.8 Å². The molecule has 6 heteroatoms. The molecule has 0 radical (unpaired) electrons. The number of nitrogens with zero attached hydrogens (tertiary/aromatic N) is 1. The highest BCUT2D eigenvalue weighted by atomic mass is 16.5. The first-order chi connectivity index (χ1) is 14.1. The van der Waals surface area contributed by atoms with Crippen LogP contribution in [-0.4, -0.2) is 51.9 Å². The minimum absolute atomic E-state index is 0.0164. The molecule has 2 amide bonds. The predicted octanol–water partition coefficient (Wildman–Crippen LogP) is 3.53. The number of nitrogens with one attached hydrogen (secondary N) is 1. The van der Waals surface area contributed by atoms with Crippen LogP contribution in [0.1, 0.15) is 17.5 Å². The molecule has 3 rings (SSSR count). The Morgan fingerprint density at radius 1 is 1.00 bits per heavy atom. The topological polar surface area (TPSA) is 60.0 Å². The van der Waals surface area contributed by atoms with Crippen LogP contribution in [0.4, 0.5) is 4.79 Å². The summed E-state index contributed by atoms with van der Waals surface area (Å²) in [6.07, 6.45) is 2.77. The monoisotopic (exact) mass is 398 g/mol. The Kier molecular flexibility index (Phi) is 7.22. The molecule has 0 saturated carbocycles. The number of hydrogen-bond donors (Lipinski definition) is 1. The highest BCUT2D eigenvalue weighted by Gasteiger charge is 2.26. The fourth-order valence-electron chi connectivity index (χ4n) is 3.74. The van der Waals surface area contributed by atoms with Crippen molar-refractivity contribution in [2.75, 3.05) is 41.0 Å². The number of hydrogen-bond acceptors (Lipinski definition) is 4. The molecule has 1 aliphatic heterocycles. The first-order valence-electron chi connectivity index (χ1n) is 9.99. The SMILES string of the molecule is COc1ccc(CC2CCN(C(=O)NCCc3ccc(OC)c(OC)c3)C2)cc1. The first kappa shape index (κ1) is 20.8. The van der Waals surface area contributed by atoms with Crippen LogP contribution in [0.5, 0.6) is 17.2 Å². The summed E-state index contributed by atoms with van der Waals surface area (Å²) in [7, 11) is 4.92. The number of amides is 2. The van der Waals surface area contributed by atoms with E-state index in [9.17, 15) is 4.79 Å². The van der Waals surface area contributed by atoms with Gasteiger partial charge in [0.2, 0.25) is 0 Å². The molecule has 1 fully saturated rings. The third-order valence-electron chi connectivity index (χ3n) is 5.39. The van der Waals surface area contributed by atoms with Gasteiger partial charge in [-0.1, -0.05) is 18.2 Å². The van der Waals surface area contributed by atoms with Gasteiger partial charge in [-0.2, -0.15) is 0 Å². The summed E-state index contributed by atoms with van der Waals surface area (Å²) < 4.78 is 15.8. The Morgan fingerprint density at radius 3 is 2.41 bits per heavy atom. The number of rotatable bonds is 8. The van der Waals surface area contributed by atoms with Crippen molar-refractivity contribution in [2.24, 2.45) is 5.92 Å². The zero-order chi connectivity index (χ0) is 20.6. The third kappa shape index (κ3) is 5.56. The molecule has 156 valence electrons. The second kappa shape index (κ2) is 10.0. The van der Waals surface area contributed by atoms with Gasteiger partial charge < -0.3 is 24.4 Å². The largest absolute Gasteiger partial charge is 0.497 e. The summed E-state index contributed by atoms with van der Waals surface area (Å²) in [6.45, 7) is 2.20. The van der Waals surface area contributed by atoms with Crippen molar-refractivity contribution in [2.45, 2.75) is 19.3 Å². The van der Waals surface area contributed by atoms with Crippen LogP contribution in [0.2, 0.25) is 0 Å². The van der Waals surface area contributed by atoms with Gasteiger partial charge in [-0.25, -0.2) is 4.79 Å². The lowest BCUT2D eigenvalue weighted by Crippen LogP contribution is -2.39. The van der Waals surface area contributed by atoms with Gasteiger partial charge in [0, 0.05) is 19.6 Å². The highest BCUT2D eigenvalue weighted by molar-refractivity contribution is 5.74. The molecule has 1 atom stereocenters. The average Bonchev–Trinajstić information content (AvgIpc) is 3.22. The maximum absolute atomic E-state index is 12.5. The van der Waals surface area contributed by atoms with Gasteiger partial charge in [0.05, 0.1) is 21.3 Å². The number of likely N-dealkylation sites (tertiary alicyclic amines) is 1. The van der Waals surface area contributed by atoms with Crippen molar-refractivity contribution in [3.63, 3.8) is 0 Å². The van der Waals surface area contributed by atoms with E-state index >= 15 is 0 Å². The van der Waals surface area contributed by atoms with Crippen molar-refractivity contribution in [1.29, 1.82) is 0 Å². The molecule has 6 nitrogen and oxygen atoms in total. The number of carbonyl (C=O) groups is 1. The number of urea groups is 1. The Morgan fingerprint density at radius 2 is 1.72 bits per heavy atom. The smallest absolute Gasteiger partial charge is 0.317 e. The molecular weight excluding hydrogens is 368 g/mol. The van der Waals surface area contributed by atoms with Gasteiger partial charge in [0.25, 0.3) is 0 Å². The van der Waals surface area contributed by atoms with E-state index in [2.05, 4.69) is 17.4 Å². The average molecular weight is 399 g/mol. The van der Waals surface area contributed by atoms with Crippen LogP contribution in [0.3, 0.4) is 0 Å². The first-order valence-corrected chi connectivity index (χ1v) is 9.99. The standard InChI is InChI=1S/C23H30N2O4/c1-27-20-7-4-17(5-8-20)14-19-11-13-25(16-19)23(26)24-12-10-18-6-9-21(28-2)22(15-18)29-3/h4-9,15,19H,10-14,16H2,1-3H3,(H,24,26). The summed E-state index contributed by atoms with van der Waals surface area (Å²) in [5, 5.41) is 3.04. The molecule has 0 aliphatic carbocycles. The number of benzene rings is 2. The van der Waals surface area contributed by atoms with E-state index in [4.69, 9.17) is 14.2 Å². The lowest BCUT2D eigenvalue weighted by Gasteiger charge is -2.18. The summed E-state index contributed by atoms with van der Waals surface area (Å²) in [6, 6.07) is 14.0. The predicted molar refractivity (Wildman–Crippen MR) is 113 cm³/mol. The van der Waals surface area contributed by atoms with Crippen LogP contribution in [0.25, 0.3) is 0 Å². The number of ether oxygens (including phenoxy) is 3. The van der Waals surface area contributed by atoms with Crippen LogP contribution < -0.4 is 19.5 Å². The van der Waals surface area contributed by atoms with Gasteiger partial charge in [0.15, 0.2) is 11.5 Å². The molecule has 0 bridgehead atoms. The molecule has 2 aromatic rings. The molecule has 29 heavy (non-hydrogen) atoms. The lowest BCUT2D eigenvalue weighted by molar-refractivity contribution is 0.207. The quantitative estimate of drug-likeness (QED) is 0.739. The van der Waals surface area contributed by atoms with Crippen LogP contribution in [0.15, 0.2) is 42.5 Å². The van der Waals surface area contributed by atoms with Gasteiger partial charge in [0.1, 0.15) is 5.75 Å². The summed E-state index contributed by atoms with van der Waals surface area (Å²) >= 11 is 0. The molecule has 1 saturated heterocycles. The van der Waals surface area contributed by atoms with E-state index in [1.54, 1.807) is 21.3 Å². The lowest BCUT2D eigenvalue weighted by atomic mass is 9.99. The highest BCUT2D eigenvalue weighted by Crippen LogP contribution is 2.27. The molecule has 1 heterocycles.